The summed E-state index contributed by atoms with van der Waals surface area (Å²) in [4.78, 5) is 0. The minimum absolute atomic E-state index is 0.784. The molecule has 4 saturated heterocycles. The smallest absolute Gasteiger partial charge is 0.187 e. The molecule has 14 N–H and O–H groups in total. The fourth-order valence-corrected chi connectivity index (χ4v) is 5.55. The maximum absolute atomic E-state index is 10.9. The minimum Gasteiger partial charge on any atom is -0.394 e. The number of ether oxygens (including phenoxy) is 7. The highest BCUT2D eigenvalue weighted by molar-refractivity contribution is 4.97. The van der Waals surface area contributed by atoms with Crippen molar-refractivity contribution in [3.8, 4) is 0 Å². The van der Waals surface area contributed by atoms with Crippen molar-refractivity contribution in [1.29, 1.82) is 0 Å². The van der Waals surface area contributed by atoms with Crippen LogP contribution in [0.5, 0.6) is 0 Å². The van der Waals surface area contributed by atoms with Gasteiger partial charge in [0.15, 0.2) is 25.2 Å². The Morgan fingerprint density at radius 1 is 0.333 bits per heavy atom. The Hall–Kier alpha value is -0.840. The Labute approximate surface area is 254 Å². The molecule has 4 fully saturated rings. The topological polar surface area (TPSA) is 348 Å². The van der Waals surface area contributed by atoms with Gasteiger partial charge in [0, 0.05) is 0 Å². The molecule has 0 aromatic rings. The van der Waals surface area contributed by atoms with Gasteiger partial charge < -0.3 is 105 Å². The van der Waals surface area contributed by atoms with Crippen LogP contribution in [0.4, 0.5) is 0 Å². The lowest BCUT2D eigenvalue weighted by atomic mass is 9.95. The van der Waals surface area contributed by atoms with E-state index in [1.54, 1.807) is 0 Å². The molecule has 4 aliphatic heterocycles. The van der Waals surface area contributed by atoms with Crippen molar-refractivity contribution in [3.05, 3.63) is 0 Å². The molecule has 21 heteroatoms. The summed E-state index contributed by atoms with van der Waals surface area (Å²) in [5.74, 6) is 0. The molecule has 45 heavy (non-hydrogen) atoms. The van der Waals surface area contributed by atoms with Crippen LogP contribution in [0.15, 0.2) is 0 Å². The summed E-state index contributed by atoms with van der Waals surface area (Å²) in [6, 6.07) is 0. The predicted octanol–water partition coefficient (Wildman–Crippen LogP) is -9.75. The first-order valence-electron chi connectivity index (χ1n) is 14.1. The fourth-order valence-electron chi connectivity index (χ4n) is 5.55. The van der Waals surface area contributed by atoms with Crippen LogP contribution in [-0.2, 0) is 33.2 Å². The van der Waals surface area contributed by atoms with E-state index in [-0.39, 0.29) is 0 Å². The maximum Gasteiger partial charge on any atom is 0.187 e. The van der Waals surface area contributed by atoms with Gasteiger partial charge in [0.1, 0.15) is 97.7 Å². The summed E-state index contributed by atoms with van der Waals surface area (Å²) in [6.07, 6.45) is -35.3. The number of aliphatic hydroxyl groups is 14. The first kappa shape index (κ1) is 37.0. The highest BCUT2D eigenvalue weighted by atomic mass is 16.8. The zero-order valence-corrected chi connectivity index (χ0v) is 23.5. The van der Waals surface area contributed by atoms with Gasteiger partial charge in [-0.3, -0.25) is 0 Å². The Morgan fingerprint density at radius 3 is 1.02 bits per heavy atom. The van der Waals surface area contributed by atoms with Crippen molar-refractivity contribution >= 4 is 0 Å². The summed E-state index contributed by atoms with van der Waals surface area (Å²) >= 11 is 0. The molecule has 0 amide bonds. The van der Waals surface area contributed by atoms with Crippen LogP contribution < -0.4 is 0 Å². The van der Waals surface area contributed by atoms with Crippen molar-refractivity contribution in [3.63, 3.8) is 0 Å². The Balaban J connectivity index is 1.43. The molecule has 264 valence electrons. The van der Waals surface area contributed by atoms with Crippen LogP contribution in [0.2, 0.25) is 0 Å². The molecule has 21 nitrogen and oxygen atoms in total. The Kier molecular flexibility index (Phi) is 12.8. The van der Waals surface area contributed by atoms with E-state index in [4.69, 9.17) is 33.2 Å². The summed E-state index contributed by atoms with van der Waals surface area (Å²) in [6.45, 7) is -3.39. The largest absolute Gasteiger partial charge is 0.394 e. The average Bonchev–Trinajstić information content (AvgIpc) is 3.03. The maximum atomic E-state index is 10.9. The van der Waals surface area contributed by atoms with Gasteiger partial charge in [-0.15, -0.1) is 0 Å². The van der Waals surface area contributed by atoms with E-state index < -0.39 is 149 Å². The van der Waals surface area contributed by atoms with Gasteiger partial charge in [0.2, 0.25) is 0 Å². The van der Waals surface area contributed by atoms with Gasteiger partial charge >= 0.3 is 0 Å². The molecule has 0 spiro atoms. The van der Waals surface area contributed by atoms with Crippen molar-refractivity contribution in [2.24, 2.45) is 0 Å². The standard InChI is InChI=1S/C24H42O21/c25-1-5-9(29)10(30)15(35)22(40-5)44-19-7(3-27)42-24(17(37)12(19)32)45-20-8(4-28)41-23(16(36)13(20)33)43-18-6(2-26)39-21(38)14(34)11(18)31/h5-38H,1-4H2/t5?,6?,7?,8?,9-,10-,11+,12+,13+,14?,15?,16?,17?,18+,19+,20-,21+,22-,23-,24-/m1/s1. The van der Waals surface area contributed by atoms with E-state index in [0.717, 1.165) is 0 Å². The quantitative estimate of drug-likeness (QED) is 0.103. The molecule has 20 atom stereocenters. The van der Waals surface area contributed by atoms with Crippen LogP contribution in [0.25, 0.3) is 0 Å². The number of hydrogen-bond acceptors (Lipinski definition) is 21. The van der Waals surface area contributed by atoms with Crippen LogP contribution in [0.3, 0.4) is 0 Å². The highest BCUT2D eigenvalue weighted by Crippen LogP contribution is 2.34. The van der Waals surface area contributed by atoms with Crippen LogP contribution >= 0.6 is 0 Å². The van der Waals surface area contributed by atoms with Crippen molar-refractivity contribution in [2.45, 2.75) is 123 Å². The SMILES string of the molecule is OCC1O[C@H](O[C@H]2C(CO)O[C@H](O[C@@H]3C(CO)O[C@H](O[C@H]4C(CO)O[C@H](O)C(O)[C@@H]4O)C(O)[C@@H]3O)C(O)[C@@H]2O)C(O)[C@H](O)[C@@H]1O. The van der Waals surface area contributed by atoms with Crippen molar-refractivity contribution in [2.75, 3.05) is 26.4 Å². The zero-order valence-electron chi connectivity index (χ0n) is 23.5. The minimum atomic E-state index is -2.02. The normalized spacial score (nSPS) is 52.9. The van der Waals surface area contributed by atoms with Gasteiger partial charge in [-0.25, -0.2) is 0 Å². The Bertz CT molecular complexity index is 910. The second kappa shape index (κ2) is 15.6. The molecule has 0 aromatic carbocycles. The summed E-state index contributed by atoms with van der Waals surface area (Å²) in [5, 5.41) is 142. The van der Waals surface area contributed by atoms with Crippen molar-refractivity contribution in [1.82, 2.24) is 0 Å². The van der Waals surface area contributed by atoms with E-state index in [2.05, 4.69) is 0 Å². The average molecular weight is 667 g/mol. The third kappa shape index (κ3) is 7.44. The van der Waals surface area contributed by atoms with Crippen LogP contribution in [0, 0.1) is 0 Å². The van der Waals surface area contributed by atoms with E-state index in [9.17, 15) is 71.5 Å². The van der Waals surface area contributed by atoms with Crippen LogP contribution in [0.1, 0.15) is 0 Å². The first-order chi connectivity index (χ1) is 21.3. The molecule has 0 radical (unpaired) electrons. The molecule has 0 aromatic heterocycles. The third-order valence-electron chi connectivity index (χ3n) is 8.20. The molecule has 0 saturated carbocycles. The lowest BCUT2D eigenvalue weighted by Crippen LogP contribution is -2.67. The third-order valence-corrected chi connectivity index (χ3v) is 8.20. The lowest BCUT2D eigenvalue weighted by molar-refractivity contribution is -0.387. The highest BCUT2D eigenvalue weighted by Gasteiger charge is 2.55. The number of hydrogen-bond donors (Lipinski definition) is 14. The van der Waals surface area contributed by atoms with Gasteiger partial charge in [-0.05, 0) is 0 Å². The van der Waals surface area contributed by atoms with Gasteiger partial charge in [0.05, 0.1) is 26.4 Å². The van der Waals surface area contributed by atoms with Crippen molar-refractivity contribution < 1.29 is 105 Å². The molecule has 0 bridgehead atoms. The fraction of sp³-hybridized carbons (Fsp3) is 1.00. The van der Waals surface area contributed by atoms with Gasteiger partial charge in [-0.2, -0.15) is 0 Å². The summed E-state index contributed by atoms with van der Waals surface area (Å²) in [7, 11) is 0. The molecule has 4 aliphatic rings. The molecule has 4 rings (SSSR count). The van der Waals surface area contributed by atoms with E-state index in [0.29, 0.717) is 0 Å². The van der Waals surface area contributed by atoms with Crippen LogP contribution in [-0.4, -0.2) is 221 Å². The summed E-state index contributed by atoms with van der Waals surface area (Å²) < 4.78 is 37.7. The predicted molar refractivity (Wildman–Crippen MR) is 134 cm³/mol. The first-order valence-corrected chi connectivity index (χ1v) is 14.1. The molecule has 8 unspecified atom stereocenters. The van der Waals surface area contributed by atoms with E-state index in [1.165, 1.54) is 0 Å². The summed E-state index contributed by atoms with van der Waals surface area (Å²) in [5.41, 5.74) is 0. The van der Waals surface area contributed by atoms with E-state index in [1.807, 2.05) is 0 Å². The lowest BCUT2D eigenvalue weighted by Gasteiger charge is -2.49. The van der Waals surface area contributed by atoms with Gasteiger partial charge in [-0.1, -0.05) is 0 Å². The number of aliphatic hydroxyl groups excluding tert-OH is 14. The molecule has 4 heterocycles. The van der Waals surface area contributed by atoms with E-state index >= 15 is 0 Å². The van der Waals surface area contributed by atoms with Gasteiger partial charge in [0.25, 0.3) is 0 Å². The monoisotopic (exact) mass is 666 g/mol. The second-order valence-corrected chi connectivity index (χ2v) is 11.1. The molecule has 0 aliphatic carbocycles. The zero-order chi connectivity index (χ0) is 33.3. The molecular formula is C24H42O21. The Morgan fingerprint density at radius 2 is 0.644 bits per heavy atom. The number of rotatable bonds is 10. The second-order valence-electron chi connectivity index (χ2n) is 11.1. The molecular weight excluding hydrogens is 624 g/mol.